The summed E-state index contributed by atoms with van der Waals surface area (Å²) in [5.41, 5.74) is 0. The van der Waals surface area contributed by atoms with Crippen molar-refractivity contribution in [2.75, 3.05) is 13.1 Å². The summed E-state index contributed by atoms with van der Waals surface area (Å²) < 4.78 is 0.690. The van der Waals surface area contributed by atoms with Crippen molar-refractivity contribution in [1.29, 1.82) is 0 Å². The Kier molecular flexibility index (Phi) is 43.9. The second kappa shape index (κ2) is 18.0. The maximum absolute atomic E-state index is 4.81. The third-order valence-electron chi connectivity index (χ3n) is 1.03. The minimum absolute atomic E-state index is 0. The predicted molar refractivity (Wildman–Crippen MR) is 61.1 cm³/mol. The van der Waals surface area contributed by atoms with Crippen molar-refractivity contribution in [2.45, 2.75) is 13.8 Å². The van der Waals surface area contributed by atoms with Gasteiger partial charge in [-0.1, -0.05) is 12.2 Å². The van der Waals surface area contributed by atoms with Crippen LogP contribution in [0.1, 0.15) is 13.8 Å². The van der Waals surface area contributed by atoms with E-state index in [1.807, 2.05) is 4.90 Å². The van der Waals surface area contributed by atoms with Gasteiger partial charge < -0.3 is 21.3 Å². The van der Waals surface area contributed by atoms with Crippen LogP contribution < -0.4 is 0 Å². The molecule has 7 heteroatoms. The predicted octanol–water partition coefficient (Wildman–Crippen LogP) is -1.31. The van der Waals surface area contributed by atoms with Crippen LogP contribution in [-0.2, 0) is 0 Å². The molecule has 0 bridgehead atoms. The quantitative estimate of drug-likeness (QED) is 0.359. The third kappa shape index (κ3) is 13.7. The minimum atomic E-state index is 0. The van der Waals surface area contributed by atoms with E-state index >= 15 is 0 Å². The maximum atomic E-state index is 4.81. The molecule has 0 atom stereocenters. The monoisotopic (exact) mass is 226 g/mol. The molecule has 0 aromatic heterocycles. The number of nitrogens with zero attached hydrogens (tertiary/aromatic N) is 1. The van der Waals surface area contributed by atoms with Gasteiger partial charge >= 0.3 is 0 Å². The van der Waals surface area contributed by atoms with E-state index in [4.69, 9.17) is 12.2 Å². The van der Waals surface area contributed by atoms with Crippen molar-refractivity contribution >= 4 is 58.7 Å². The van der Waals surface area contributed by atoms with E-state index in [2.05, 4.69) is 26.5 Å². The van der Waals surface area contributed by atoms with Gasteiger partial charge in [0.2, 0.25) is 0 Å². The third-order valence-corrected chi connectivity index (χ3v) is 1.58. The molecule has 0 unspecified atom stereocenters. The average Bonchev–Trinajstić information content (AvgIpc) is 1.69. The molecule has 0 rings (SSSR count). The molecular formula is C5H17NNaO3S2. The van der Waals surface area contributed by atoms with Crippen LogP contribution in [-0.4, -0.2) is 68.3 Å². The number of thiocarbonyl (C=S) groups is 1. The van der Waals surface area contributed by atoms with E-state index in [-0.39, 0.29) is 46.0 Å². The van der Waals surface area contributed by atoms with Gasteiger partial charge in [0, 0.05) is 42.6 Å². The zero-order chi connectivity index (χ0) is 6.57. The zero-order valence-corrected chi connectivity index (χ0v) is 11.4. The Morgan fingerprint density at radius 1 is 1.17 bits per heavy atom. The van der Waals surface area contributed by atoms with Crippen LogP contribution in [0.2, 0.25) is 0 Å². The van der Waals surface area contributed by atoms with Gasteiger partial charge in [0.05, 0.1) is 0 Å². The van der Waals surface area contributed by atoms with Gasteiger partial charge in [-0.3, -0.25) is 0 Å². The first-order chi connectivity index (χ1) is 3.72. The van der Waals surface area contributed by atoms with Gasteiger partial charge in [0.25, 0.3) is 0 Å². The van der Waals surface area contributed by atoms with E-state index in [0.717, 1.165) is 13.1 Å². The molecule has 0 saturated carbocycles. The molecule has 1 radical (unpaired) electrons. The number of rotatable bonds is 2. The molecule has 0 aromatic rings. The molecule has 0 amide bonds. The molecule has 73 valence electrons. The summed E-state index contributed by atoms with van der Waals surface area (Å²) in [4.78, 5) is 2.01. The van der Waals surface area contributed by atoms with Crippen LogP contribution in [0.3, 0.4) is 0 Å². The molecule has 0 heterocycles. The summed E-state index contributed by atoms with van der Waals surface area (Å²) in [6, 6.07) is 0. The van der Waals surface area contributed by atoms with Crippen molar-refractivity contribution in [3.63, 3.8) is 0 Å². The van der Waals surface area contributed by atoms with Gasteiger partial charge in [-0.05, 0) is 13.8 Å². The number of thiol groups is 1. The fourth-order valence-electron chi connectivity index (χ4n) is 0.494. The Labute approximate surface area is 106 Å². The standard InChI is InChI=1S/C5H11NS2.Na.3H2O/c1-3-6(4-2)5(7)8;;;;/h3-4H2,1-2H3,(H,7,8);;3*1H2. The van der Waals surface area contributed by atoms with E-state index in [1.54, 1.807) is 0 Å². The number of hydrogen-bond acceptors (Lipinski definition) is 1. The van der Waals surface area contributed by atoms with Crippen LogP contribution in [0, 0.1) is 0 Å². The first-order valence-electron chi connectivity index (χ1n) is 2.70. The van der Waals surface area contributed by atoms with Crippen molar-refractivity contribution in [3.8, 4) is 0 Å². The molecular weight excluding hydrogens is 209 g/mol. The topological polar surface area (TPSA) is 97.7 Å². The van der Waals surface area contributed by atoms with Crippen LogP contribution in [0.25, 0.3) is 0 Å². The Bertz CT molecular complexity index is 92.8. The van der Waals surface area contributed by atoms with Gasteiger partial charge in [0.15, 0.2) is 0 Å². The Morgan fingerprint density at radius 2 is 1.42 bits per heavy atom. The van der Waals surface area contributed by atoms with Gasteiger partial charge in [-0.25, -0.2) is 0 Å². The molecule has 0 fully saturated rings. The number of hydrogen-bond donors (Lipinski definition) is 1. The van der Waals surface area contributed by atoms with E-state index in [1.165, 1.54) is 0 Å². The van der Waals surface area contributed by atoms with Crippen LogP contribution in [0.15, 0.2) is 0 Å². The molecule has 0 saturated heterocycles. The molecule has 4 nitrogen and oxygen atoms in total. The van der Waals surface area contributed by atoms with Gasteiger partial charge in [-0.15, -0.1) is 12.6 Å². The minimum Gasteiger partial charge on any atom is -0.412 e. The van der Waals surface area contributed by atoms with Gasteiger partial charge in [-0.2, -0.15) is 0 Å². The fourth-order valence-corrected chi connectivity index (χ4v) is 1.04. The molecule has 0 aliphatic rings. The summed E-state index contributed by atoms with van der Waals surface area (Å²) in [5.74, 6) is 0. The van der Waals surface area contributed by atoms with E-state index in [9.17, 15) is 0 Å². The largest absolute Gasteiger partial charge is 0.412 e. The second-order valence-corrected chi connectivity index (χ2v) is 2.57. The van der Waals surface area contributed by atoms with Crippen LogP contribution >= 0.6 is 24.8 Å². The van der Waals surface area contributed by atoms with Crippen molar-refractivity contribution in [2.24, 2.45) is 0 Å². The SMILES string of the molecule is CCN(CC)C(=S)S.O.O.O.[Na]. The average molecular weight is 226 g/mol. The molecule has 0 aliphatic heterocycles. The molecule has 6 N–H and O–H groups in total. The normalized spacial score (nSPS) is 5.92. The smallest absolute Gasteiger partial charge is 0.133 e. The van der Waals surface area contributed by atoms with E-state index < -0.39 is 0 Å². The fraction of sp³-hybridized carbons (Fsp3) is 0.800. The Morgan fingerprint density at radius 3 is 1.42 bits per heavy atom. The van der Waals surface area contributed by atoms with Crippen LogP contribution in [0.4, 0.5) is 0 Å². The summed E-state index contributed by atoms with van der Waals surface area (Å²) in [6.45, 7) is 6.04. The van der Waals surface area contributed by atoms with Crippen molar-refractivity contribution < 1.29 is 16.4 Å². The molecule has 0 aliphatic carbocycles. The first-order valence-corrected chi connectivity index (χ1v) is 3.55. The summed E-state index contributed by atoms with van der Waals surface area (Å²) >= 11 is 8.82. The summed E-state index contributed by atoms with van der Waals surface area (Å²) in [7, 11) is 0. The second-order valence-electron chi connectivity index (χ2n) is 1.45. The van der Waals surface area contributed by atoms with E-state index in [0.29, 0.717) is 4.32 Å². The zero-order valence-electron chi connectivity index (χ0n) is 7.72. The summed E-state index contributed by atoms with van der Waals surface area (Å²) in [6.07, 6.45) is 0. The molecule has 0 spiro atoms. The molecule has 0 aromatic carbocycles. The van der Waals surface area contributed by atoms with Crippen LogP contribution in [0.5, 0.6) is 0 Å². The maximum Gasteiger partial charge on any atom is 0.133 e. The van der Waals surface area contributed by atoms with Crippen molar-refractivity contribution in [1.82, 2.24) is 4.90 Å². The Hall–Kier alpha value is 1.12. The van der Waals surface area contributed by atoms with Crippen molar-refractivity contribution in [3.05, 3.63) is 0 Å². The Balaban J connectivity index is -0.0000000408. The molecule has 12 heavy (non-hydrogen) atoms. The first kappa shape index (κ1) is 29.2. The summed E-state index contributed by atoms with van der Waals surface area (Å²) in [5, 5.41) is 0. The van der Waals surface area contributed by atoms with Gasteiger partial charge in [0.1, 0.15) is 4.32 Å².